The molecule has 0 heterocycles. The molecule has 4 aliphatic rings. The minimum absolute atomic E-state index is 0.0180. The second-order valence-corrected chi connectivity index (χ2v) is 17.8. The van der Waals surface area contributed by atoms with E-state index >= 15 is 0 Å². The van der Waals surface area contributed by atoms with E-state index < -0.39 is 10.0 Å². The fraction of sp³-hybridized carbons (Fsp3) is 0.812. The van der Waals surface area contributed by atoms with Crippen molar-refractivity contribution in [2.24, 2.45) is 5.92 Å². The van der Waals surface area contributed by atoms with Gasteiger partial charge in [0.25, 0.3) is 0 Å². The molecule has 0 amide bonds. The van der Waals surface area contributed by atoms with Crippen LogP contribution in [0.5, 0.6) is 0 Å². The minimum atomic E-state index is -3.50. The molecule has 0 bridgehead atoms. The summed E-state index contributed by atoms with van der Waals surface area (Å²) in [6.07, 6.45) is 23.3. The number of aryl methyl sites for hydroxylation is 1. The van der Waals surface area contributed by atoms with E-state index in [1.54, 1.807) is 12.1 Å². The van der Waals surface area contributed by atoms with E-state index in [0.717, 1.165) is 47.7 Å². The lowest BCUT2D eigenvalue weighted by atomic mass is 9.89. The molecular formula is C32H53N2O2PS. The van der Waals surface area contributed by atoms with Crippen LogP contribution in [0, 0.1) is 12.8 Å². The van der Waals surface area contributed by atoms with E-state index in [9.17, 15) is 8.42 Å². The van der Waals surface area contributed by atoms with E-state index in [4.69, 9.17) is 0 Å². The normalized spacial score (nSPS) is 31.0. The summed E-state index contributed by atoms with van der Waals surface area (Å²) in [4.78, 5) is 0.391. The summed E-state index contributed by atoms with van der Waals surface area (Å²) in [7, 11) is -3.42. The van der Waals surface area contributed by atoms with Gasteiger partial charge in [0.15, 0.2) is 0 Å². The molecule has 6 heteroatoms. The van der Waals surface area contributed by atoms with Crippen molar-refractivity contribution in [1.82, 2.24) is 10.0 Å². The van der Waals surface area contributed by atoms with Gasteiger partial charge < -0.3 is 5.32 Å². The molecule has 4 fully saturated rings. The van der Waals surface area contributed by atoms with E-state index in [-0.39, 0.29) is 20.0 Å². The lowest BCUT2D eigenvalue weighted by Gasteiger charge is -2.45. The van der Waals surface area contributed by atoms with Crippen molar-refractivity contribution in [2.45, 2.75) is 163 Å². The quantitative estimate of drug-likeness (QED) is 0.302. The molecule has 0 aliphatic heterocycles. The Kier molecular flexibility index (Phi) is 10.3. The van der Waals surface area contributed by atoms with Gasteiger partial charge in [0, 0.05) is 18.1 Å². The molecule has 2 unspecified atom stereocenters. The zero-order chi connectivity index (χ0) is 26.5. The number of benzene rings is 1. The maximum atomic E-state index is 13.3. The molecule has 5 rings (SSSR count). The van der Waals surface area contributed by atoms with Crippen molar-refractivity contribution in [3.05, 3.63) is 29.8 Å². The standard InChI is InChI=1S/C32H53N2O2PS/c1-24-20-22-28(23-21-24)38(35,36)34-31-18-10-9-17-30(31)33-25(2)29-16-11-19-32(29)37(26-12-5-3-6-13-26)27-14-7-4-8-15-27/h20-23,25-27,29-34H,3-19H2,1-2H3/t25-,29?,30-,31-,32?/m1/s1. The summed E-state index contributed by atoms with van der Waals surface area (Å²) in [5.74, 6) is 0.765. The van der Waals surface area contributed by atoms with Crippen molar-refractivity contribution in [3.8, 4) is 0 Å². The molecule has 38 heavy (non-hydrogen) atoms. The van der Waals surface area contributed by atoms with Crippen LogP contribution in [0.3, 0.4) is 0 Å². The van der Waals surface area contributed by atoms with Crippen LogP contribution in [0.4, 0.5) is 0 Å². The Morgan fingerprint density at radius 2 is 1.26 bits per heavy atom. The van der Waals surface area contributed by atoms with E-state index in [0.29, 0.717) is 10.9 Å². The van der Waals surface area contributed by atoms with Crippen molar-refractivity contribution in [3.63, 3.8) is 0 Å². The third kappa shape index (κ3) is 7.04. The van der Waals surface area contributed by atoms with Crippen LogP contribution in [-0.4, -0.2) is 43.5 Å². The smallest absolute Gasteiger partial charge is 0.240 e. The molecule has 4 nitrogen and oxygen atoms in total. The van der Waals surface area contributed by atoms with Gasteiger partial charge in [-0.25, -0.2) is 13.1 Å². The van der Waals surface area contributed by atoms with Crippen molar-refractivity contribution >= 4 is 17.9 Å². The van der Waals surface area contributed by atoms with Crippen molar-refractivity contribution in [2.75, 3.05) is 0 Å². The number of nitrogens with one attached hydrogen (secondary N) is 2. The van der Waals surface area contributed by atoms with Gasteiger partial charge in [-0.2, -0.15) is 0 Å². The molecule has 4 aliphatic carbocycles. The van der Waals surface area contributed by atoms with Gasteiger partial charge in [-0.05, 0) is 100 Å². The number of rotatable bonds is 9. The topological polar surface area (TPSA) is 58.2 Å². The fourth-order valence-electron chi connectivity index (χ4n) is 8.44. The highest BCUT2D eigenvalue weighted by molar-refractivity contribution is 7.89. The van der Waals surface area contributed by atoms with Crippen molar-refractivity contribution < 1.29 is 8.42 Å². The van der Waals surface area contributed by atoms with Gasteiger partial charge in [-0.3, -0.25) is 0 Å². The van der Waals surface area contributed by atoms with Crippen LogP contribution >= 0.6 is 7.92 Å². The molecule has 0 radical (unpaired) electrons. The molecule has 0 spiro atoms. The molecule has 1 aromatic carbocycles. The average molecular weight is 561 g/mol. The lowest BCUT2D eigenvalue weighted by Crippen LogP contribution is -2.55. The molecular weight excluding hydrogens is 507 g/mol. The summed E-state index contributed by atoms with van der Waals surface area (Å²) in [6, 6.07) is 7.95. The first-order valence-corrected chi connectivity index (χ1v) is 19.1. The lowest BCUT2D eigenvalue weighted by molar-refractivity contribution is 0.258. The Morgan fingerprint density at radius 3 is 1.87 bits per heavy atom. The highest BCUT2D eigenvalue weighted by Gasteiger charge is 2.44. The largest absolute Gasteiger partial charge is 0.310 e. The molecule has 1 aromatic rings. The SMILES string of the molecule is Cc1ccc(S(=O)(=O)N[C@@H]2CCCC[C@H]2N[C@H](C)C2CCCC2P(C2CCCCC2)C2CCCCC2)cc1. The summed E-state index contributed by atoms with van der Waals surface area (Å²) < 4.78 is 29.6. The third-order valence-corrected chi connectivity index (χ3v) is 16.1. The first kappa shape index (κ1) is 29.0. The molecule has 214 valence electrons. The van der Waals surface area contributed by atoms with Crippen molar-refractivity contribution in [1.29, 1.82) is 0 Å². The zero-order valence-corrected chi connectivity index (χ0v) is 25.8. The monoisotopic (exact) mass is 560 g/mol. The first-order valence-electron chi connectivity index (χ1n) is 16.0. The molecule has 2 N–H and O–H groups in total. The summed E-state index contributed by atoms with van der Waals surface area (Å²) in [5, 5.41) is 4.07. The Balaban J connectivity index is 1.28. The predicted molar refractivity (Wildman–Crippen MR) is 162 cm³/mol. The van der Waals surface area contributed by atoms with E-state index in [1.165, 1.54) is 89.9 Å². The number of sulfonamides is 1. The maximum absolute atomic E-state index is 13.3. The maximum Gasteiger partial charge on any atom is 0.240 e. The van der Waals surface area contributed by atoms with Gasteiger partial charge in [0.05, 0.1) is 4.90 Å². The molecule has 5 atom stereocenters. The zero-order valence-electron chi connectivity index (χ0n) is 24.0. The van der Waals surface area contributed by atoms with Crippen LogP contribution in [0.1, 0.15) is 122 Å². The van der Waals surface area contributed by atoms with Gasteiger partial charge in [0.2, 0.25) is 10.0 Å². The van der Waals surface area contributed by atoms with Crippen LogP contribution < -0.4 is 10.0 Å². The minimum Gasteiger partial charge on any atom is -0.310 e. The van der Waals surface area contributed by atoms with Gasteiger partial charge in [0.1, 0.15) is 0 Å². The first-order chi connectivity index (χ1) is 18.4. The Hall–Kier alpha value is -0.480. The Morgan fingerprint density at radius 1 is 0.711 bits per heavy atom. The second-order valence-electron chi connectivity index (χ2n) is 13.1. The van der Waals surface area contributed by atoms with Crippen LogP contribution in [0.2, 0.25) is 0 Å². The van der Waals surface area contributed by atoms with Gasteiger partial charge in [-0.15, -0.1) is 0 Å². The van der Waals surface area contributed by atoms with Gasteiger partial charge >= 0.3 is 0 Å². The molecule has 0 saturated heterocycles. The van der Waals surface area contributed by atoms with Gasteiger partial charge in [-0.1, -0.05) is 83.4 Å². The third-order valence-electron chi connectivity index (χ3n) is 10.4. The van der Waals surface area contributed by atoms with Crippen LogP contribution in [0.25, 0.3) is 0 Å². The van der Waals surface area contributed by atoms with Crippen LogP contribution in [-0.2, 0) is 10.0 Å². The molecule has 0 aromatic heterocycles. The Bertz CT molecular complexity index is 954. The average Bonchev–Trinajstić information content (AvgIpc) is 3.41. The predicted octanol–water partition coefficient (Wildman–Crippen LogP) is 7.88. The Labute approximate surface area is 234 Å². The summed E-state index contributed by atoms with van der Waals surface area (Å²) >= 11 is 0. The molecule has 4 saturated carbocycles. The second kappa shape index (κ2) is 13.5. The highest BCUT2D eigenvalue weighted by atomic mass is 32.2. The highest BCUT2D eigenvalue weighted by Crippen LogP contribution is 2.64. The summed E-state index contributed by atoms with van der Waals surface area (Å²) in [6.45, 7) is 4.44. The van der Waals surface area contributed by atoms with E-state index in [1.807, 2.05) is 19.1 Å². The van der Waals surface area contributed by atoms with Crippen LogP contribution in [0.15, 0.2) is 29.2 Å². The fourth-order valence-corrected chi connectivity index (χ4v) is 14.7. The number of hydrogen-bond donors (Lipinski definition) is 2. The summed E-state index contributed by atoms with van der Waals surface area (Å²) in [5.41, 5.74) is 4.04. The van der Waals surface area contributed by atoms with E-state index in [2.05, 4.69) is 17.0 Å². The number of hydrogen-bond acceptors (Lipinski definition) is 3.